The molecule has 146 valence electrons. The highest BCUT2D eigenvalue weighted by atomic mass is 32.1. The molecule has 2 N–H and O–H groups in total. The normalized spacial score (nSPS) is 13.0. The molecule has 2 aromatic rings. The molecular weight excluding hydrogens is 378 g/mol. The minimum atomic E-state index is -0.369. The van der Waals surface area contributed by atoms with Crippen LogP contribution in [0.15, 0.2) is 35.7 Å². The number of imide groups is 1. The number of carbonyl (C=O) groups excluding carboxylic acids is 4. The maximum absolute atomic E-state index is 12.5. The highest BCUT2D eigenvalue weighted by Gasteiger charge is 2.36. The van der Waals surface area contributed by atoms with Crippen LogP contribution in [0.3, 0.4) is 0 Å². The molecule has 0 spiro atoms. The summed E-state index contributed by atoms with van der Waals surface area (Å²) >= 11 is 1.34. The van der Waals surface area contributed by atoms with Crippen LogP contribution in [0.4, 0.5) is 0 Å². The number of carbonyl (C=O) groups is 4. The lowest BCUT2D eigenvalue weighted by molar-refractivity contribution is 0.0635. The smallest absolute Gasteiger partial charge is 0.261 e. The molecule has 2 heterocycles. The minimum absolute atomic E-state index is 0.161. The van der Waals surface area contributed by atoms with E-state index >= 15 is 0 Å². The Labute approximate surface area is 166 Å². The first-order chi connectivity index (χ1) is 13.4. The molecule has 0 saturated heterocycles. The van der Waals surface area contributed by atoms with Crippen LogP contribution in [0.25, 0.3) is 0 Å². The number of hydrogen-bond acceptors (Lipinski definition) is 5. The zero-order valence-electron chi connectivity index (χ0n) is 15.7. The van der Waals surface area contributed by atoms with Crippen LogP contribution in [-0.2, 0) is 0 Å². The van der Waals surface area contributed by atoms with E-state index in [1.165, 1.54) is 34.4 Å². The van der Waals surface area contributed by atoms with E-state index in [0.29, 0.717) is 22.5 Å². The summed E-state index contributed by atoms with van der Waals surface area (Å²) in [5.74, 6) is -1.08. The molecule has 1 aliphatic rings. The molecule has 4 amide bonds. The Morgan fingerprint density at radius 2 is 1.68 bits per heavy atom. The van der Waals surface area contributed by atoms with Crippen molar-refractivity contribution in [1.29, 1.82) is 0 Å². The SMILES string of the molecule is CC(C)CN1C(=O)c2ccc(C(=O)NCCNC(=O)c3cccs3)cc2C1=O. The largest absolute Gasteiger partial charge is 0.350 e. The number of thiophene rings is 1. The molecule has 1 aromatic heterocycles. The highest BCUT2D eigenvalue weighted by Crippen LogP contribution is 2.24. The van der Waals surface area contributed by atoms with Gasteiger partial charge in [-0.2, -0.15) is 0 Å². The second-order valence-corrected chi connectivity index (χ2v) is 7.81. The van der Waals surface area contributed by atoms with Gasteiger partial charge in [0.15, 0.2) is 0 Å². The number of benzene rings is 1. The number of nitrogens with one attached hydrogen (secondary N) is 2. The number of fused-ring (bicyclic) bond motifs is 1. The predicted octanol–water partition coefficient (Wildman–Crippen LogP) is 2.16. The van der Waals surface area contributed by atoms with Gasteiger partial charge in [0.1, 0.15) is 0 Å². The van der Waals surface area contributed by atoms with Gasteiger partial charge in [0.05, 0.1) is 16.0 Å². The highest BCUT2D eigenvalue weighted by molar-refractivity contribution is 7.12. The van der Waals surface area contributed by atoms with Gasteiger partial charge in [-0.25, -0.2) is 0 Å². The Morgan fingerprint density at radius 3 is 2.32 bits per heavy atom. The summed E-state index contributed by atoms with van der Waals surface area (Å²) < 4.78 is 0. The van der Waals surface area contributed by atoms with Crippen LogP contribution in [-0.4, -0.2) is 48.2 Å². The lowest BCUT2D eigenvalue weighted by Crippen LogP contribution is -2.34. The third-order valence-electron chi connectivity index (χ3n) is 4.22. The Balaban J connectivity index is 1.57. The molecule has 1 aliphatic heterocycles. The second kappa shape index (κ2) is 8.35. The summed E-state index contributed by atoms with van der Waals surface area (Å²) in [5.41, 5.74) is 0.880. The molecule has 0 radical (unpaired) electrons. The molecule has 0 bridgehead atoms. The summed E-state index contributed by atoms with van der Waals surface area (Å²) in [6.45, 7) is 4.74. The van der Waals surface area contributed by atoms with E-state index in [9.17, 15) is 19.2 Å². The zero-order chi connectivity index (χ0) is 20.3. The first kappa shape index (κ1) is 19.8. The topological polar surface area (TPSA) is 95.6 Å². The van der Waals surface area contributed by atoms with E-state index in [4.69, 9.17) is 0 Å². The maximum atomic E-state index is 12.5. The van der Waals surface area contributed by atoms with Crippen molar-refractivity contribution in [3.8, 4) is 0 Å². The van der Waals surface area contributed by atoms with Crippen molar-refractivity contribution in [3.05, 3.63) is 57.3 Å². The van der Waals surface area contributed by atoms with Gasteiger partial charge in [-0.05, 0) is 35.6 Å². The number of rotatable bonds is 7. The van der Waals surface area contributed by atoms with Gasteiger partial charge in [0, 0.05) is 25.2 Å². The lowest BCUT2D eigenvalue weighted by atomic mass is 10.1. The van der Waals surface area contributed by atoms with Crippen LogP contribution in [0.1, 0.15) is 54.6 Å². The molecule has 28 heavy (non-hydrogen) atoms. The van der Waals surface area contributed by atoms with Crippen LogP contribution in [0.5, 0.6) is 0 Å². The van der Waals surface area contributed by atoms with E-state index in [1.54, 1.807) is 12.1 Å². The molecule has 0 fully saturated rings. The Kier molecular flexibility index (Phi) is 5.89. The molecule has 0 saturated carbocycles. The minimum Gasteiger partial charge on any atom is -0.350 e. The van der Waals surface area contributed by atoms with Gasteiger partial charge in [-0.3, -0.25) is 24.1 Å². The molecule has 0 atom stereocenters. The van der Waals surface area contributed by atoms with Gasteiger partial charge in [-0.1, -0.05) is 19.9 Å². The van der Waals surface area contributed by atoms with E-state index in [1.807, 2.05) is 19.2 Å². The average molecular weight is 399 g/mol. The zero-order valence-corrected chi connectivity index (χ0v) is 16.5. The molecular formula is C20H21N3O4S. The second-order valence-electron chi connectivity index (χ2n) is 6.86. The summed E-state index contributed by atoms with van der Waals surface area (Å²) in [5, 5.41) is 7.24. The molecule has 0 unspecified atom stereocenters. The third kappa shape index (κ3) is 4.12. The number of amides is 4. The summed E-state index contributed by atoms with van der Waals surface area (Å²) in [6.07, 6.45) is 0. The quantitative estimate of drug-likeness (QED) is 0.551. The monoisotopic (exact) mass is 399 g/mol. The fraction of sp³-hybridized carbons (Fsp3) is 0.300. The third-order valence-corrected chi connectivity index (χ3v) is 5.09. The Bertz CT molecular complexity index is 922. The van der Waals surface area contributed by atoms with Crippen LogP contribution in [0.2, 0.25) is 0 Å². The van der Waals surface area contributed by atoms with Crippen molar-refractivity contribution in [3.63, 3.8) is 0 Å². The van der Waals surface area contributed by atoms with E-state index in [0.717, 1.165) is 0 Å². The van der Waals surface area contributed by atoms with Gasteiger partial charge in [-0.15, -0.1) is 11.3 Å². The Hall–Kier alpha value is -3.00. The molecule has 3 rings (SSSR count). The lowest BCUT2D eigenvalue weighted by Gasteiger charge is -2.15. The standard InChI is InChI=1S/C20H21N3O4S/c1-12(2)11-23-19(26)14-6-5-13(10-15(14)20(23)27)17(24)21-7-8-22-18(25)16-4-3-9-28-16/h3-6,9-10,12H,7-8,11H2,1-2H3,(H,21,24)(H,22,25). The van der Waals surface area contributed by atoms with E-state index < -0.39 is 0 Å². The molecule has 7 nitrogen and oxygen atoms in total. The van der Waals surface area contributed by atoms with Crippen molar-refractivity contribution in [2.45, 2.75) is 13.8 Å². The van der Waals surface area contributed by atoms with Crippen LogP contribution < -0.4 is 10.6 Å². The van der Waals surface area contributed by atoms with Crippen molar-refractivity contribution in [2.75, 3.05) is 19.6 Å². The van der Waals surface area contributed by atoms with Gasteiger partial charge in [0.2, 0.25) is 0 Å². The van der Waals surface area contributed by atoms with Crippen LogP contribution >= 0.6 is 11.3 Å². The Morgan fingerprint density at radius 1 is 1.00 bits per heavy atom. The summed E-state index contributed by atoms with van der Waals surface area (Å²) in [7, 11) is 0. The maximum Gasteiger partial charge on any atom is 0.261 e. The van der Waals surface area contributed by atoms with Crippen molar-refractivity contribution < 1.29 is 19.2 Å². The van der Waals surface area contributed by atoms with E-state index in [2.05, 4.69) is 10.6 Å². The first-order valence-electron chi connectivity index (χ1n) is 8.98. The van der Waals surface area contributed by atoms with Gasteiger partial charge >= 0.3 is 0 Å². The van der Waals surface area contributed by atoms with Crippen molar-refractivity contribution >= 4 is 35.0 Å². The first-order valence-corrected chi connectivity index (χ1v) is 9.86. The van der Waals surface area contributed by atoms with E-state index in [-0.39, 0.29) is 48.2 Å². The molecule has 0 aliphatic carbocycles. The van der Waals surface area contributed by atoms with Gasteiger partial charge in [0.25, 0.3) is 23.6 Å². The van der Waals surface area contributed by atoms with Crippen LogP contribution in [0, 0.1) is 5.92 Å². The number of hydrogen-bond donors (Lipinski definition) is 2. The average Bonchev–Trinajstić information content (AvgIpc) is 3.28. The summed E-state index contributed by atoms with van der Waals surface area (Å²) in [4.78, 5) is 50.9. The van der Waals surface area contributed by atoms with Gasteiger partial charge < -0.3 is 10.6 Å². The fourth-order valence-electron chi connectivity index (χ4n) is 2.91. The van der Waals surface area contributed by atoms with Crippen molar-refractivity contribution in [2.24, 2.45) is 5.92 Å². The fourth-order valence-corrected chi connectivity index (χ4v) is 3.55. The predicted molar refractivity (Wildman–Crippen MR) is 106 cm³/mol. The summed E-state index contributed by atoms with van der Waals surface area (Å²) in [6, 6.07) is 8.02. The van der Waals surface area contributed by atoms with Crippen molar-refractivity contribution in [1.82, 2.24) is 15.5 Å². The number of nitrogens with zero attached hydrogens (tertiary/aromatic N) is 1. The molecule has 1 aromatic carbocycles. The molecule has 8 heteroatoms.